The van der Waals surface area contributed by atoms with Crippen LogP contribution in [-0.4, -0.2) is 21.6 Å². The molecule has 16 heavy (non-hydrogen) atoms. The topological polar surface area (TPSA) is 42.7 Å². The molecule has 0 atom stereocenters. The lowest BCUT2D eigenvalue weighted by Crippen LogP contribution is -2.10. The van der Waals surface area contributed by atoms with Crippen molar-refractivity contribution in [3.8, 4) is 5.69 Å². The average Bonchev–Trinajstić information content (AvgIpc) is 2.78. The van der Waals surface area contributed by atoms with E-state index in [4.69, 9.17) is 0 Å². The summed E-state index contributed by atoms with van der Waals surface area (Å²) in [4.78, 5) is 8.49. The van der Waals surface area contributed by atoms with Gasteiger partial charge in [-0.15, -0.1) is 0 Å². The van der Waals surface area contributed by atoms with Crippen molar-refractivity contribution < 1.29 is 0 Å². The van der Waals surface area contributed by atoms with Gasteiger partial charge in [0.2, 0.25) is 0 Å². The summed E-state index contributed by atoms with van der Waals surface area (Å²) in [5, 5.41) is 3.15. The molecular weight excluding hydrogens is 200 g/mol. The summed E-state index contributed by atoms with van der Waals surface area (Å²) in [5.41, 5.74) is 2.33. The van der Waals surface area contributed by atoms with Crippen molar-refractivity contribution in [3.05, 3.63) is 42.2 Å². The number of rotatable bonds is 4. The Bertz CT molecular complexity index is 462. The fourth-order valence-corrected chi connectivity index (χ4v) is 1.80. The third-order valence-electron chi connectivity index (χ3n) is 2.54. The van der Waals surface area contributed by atoms with E-state index in [1.54, 1.807) is 0 Å². The standard InChI is InChI=1S/C12H16N4/c1-3-12-15-6-7-16(12)11-4-5-14-9-10(11)8-13-2/h4-7,9,13H,3,8H2,1-2H3. The van der Waals surface area contributed by atoms with Gasteiger partial charge in [-0.05, 0) is 13.1 Å². The molecule has 2 rings (SSSR count). The molecular formula is C12H16N4. The van der Waals surface area contributed by atoms with E-state index in [2.05, 4.69) is 26.8 Å². The van der Waals surface area contributed by atoms with Crippen LogP contribution in [0.3, 0.4) is 0 Å². The average molecular weight is 216 g/mol. The molecule has 0 fully saturated rings. The lowest BCUT2D eigenvalue weighted by molar-refractivity contribution is 0.792. The first-order valence-corrected chi connectivity index (χ1v) is 5.47. The zero-order chi connectivity index (χ0) is 11.4. The minimum atomic E-state index is 0.810. The van der Waals surface area contributed by atoms with Crippen LogP contribution in [0.4, 0.5) is 0 Å². The van der Waals surface area contributed by atoms with Crippen molar-refractivity contribution in [1.82, 2.24) is 19.9 Å². The fourth-order valence-electron chi connectivity index (χ4n) is 1.80. The van der Waals surface area contributed by atoms with Gasteiger partial charge in [0.05, 0.1) is 5.69 Å². The second-order valence-electron chi connectivity index (χ2n) is 3.60. The van der Waals surface area contributed by atoms with Crippen LogP contribution >= 0.6 is 0 Å². The van der Waals surface area contributed by atoms with Gasteiger partial charge < -0.3 is 9.88 Å². The maximum atomic E-state index is 4.33. The molecule has 2 heterocycles. The number of nitrogens with zero attached hydrogens (tertiary/aromatic N) is 3. The van der Waals surface area contributed by atoms with Gasteiger partial charge in [0.1, 0.15) is 5.82 Å². The summed E-state index contributed by atoms with van der Waals surface area (Å²) in [6, 6.07) is 2.02. The first-order chi connectivity index (χ1) is 7.86. The van der Waals surface area contributed by atoms with Crippen molar-refractivity contribution in [2.45, 2.75) is 19.9 Å². The number of imidazole rings is 1. The Kier molecular flexibility index (Phi) is 3.31. The van der Waals surface area contributed by atoms with E-state index >= 15 is 0 Å². The zero-order valence-corrected chi connectivity index (χ0v) is 9.64. The first kappa shape index (κ1) is 10.8. The summed E-state index contributed by atoms with van der Waals surface area (Å²) in [6.45, 7) is 2.92. The van der Waals surface area contributed by atoms with Crippen LogP contribution in [0.25, 0.3) is 5.69 Å². The molecule has 4 heteroatoms. The van der Waals surface area contributed by atoms with Crippen LogP contribution in [0, 0.1) is 0 Å². The minimum Gasteiger partial charge on any atom is -0.316 e. The Morgan fingerprint density at radius 3 is 3.00 bits per heavy atom. The normalized spacial score (nSPS) is 10.6. The molecule has 0 aliphatic carbocycles. The van der Waals surface area contributed by atoms with Gasteiger partial charge in [-0.1, -0.05) is 6.92 Å². The second kappa shape index (κ2) is 4.90. The molecule has 0 radical (unpaired) electrons. The van der Waals surface area contributed by atoms with Crippen LogP contribution in [0.15, 0.2) is 30.9 Å². The van der Waals surface area contributed by atoms with Crippen molar-refractivity contribution in [3.63, 3.8) is 0 Å². The van der Waals surface area contributed by atoms with E-state index in [0.29, 0.717) is 0 Å². The number of hydrogen-bond acceptors (Lipinski definition) is 3. The predicted octanol–water partition coefficient (Wildman–Crippen LogP) is 1.55. The van der Waals surface area contributed by atoms with Gasteiger partial charge in [-0.25, -0.2) is 4.98 Å². The molecule has 0 bridgehead atoms. The third kappa shape index (κ3) is 1.97. The van der Waals surface area contributed by atoms with Gasteiger partial charge in [0.25, 0.3) is 0 Å². The highest BCUT2D eigenvalue weighted by atomic mass is 15.1. The fraction of sp³-hybridized carbons (Fsp3) is 0.333. The quantitative estimate of drug-likeness (QED) is 0.843. The third-order valence-corrected chi connectivity index (χ3v) is 2.54. The largest absolute Gasteiger partial charge is 0.316 e. The number of nitrogens with one attached hydrogen (secondary N) is 1. The summed E-state index contributed by atoms with van der Waals surface area (Å²) in [7, 11) is 1.94. The van der Waals surface area contributed by atoms with E-state index < -0.39 is 0 Å². The summed E-state index contributed by atoms with van der Waals surface area (Å²) >= 11 is 0. The molecule has 0 spiro atoms. The molecule has 2 aromatic heterocycles. The molecule has 84 valence electrons. The lowest BCUT2D eigenvalue weighted by atomic mass is 10.2. The Hall–Kier alpha value is -1.68. The van der Waals surface area contributed by atoms with Crippen LogP contribution in [0.2, 0.25) is 0 Å². The molecule has 0 aliphatic heterocycles. The van der Waals surface area contributed by atoms with Gasteiger partial charge in [-0.3, -0.25) is 4.98 Å². The van der Waals surface area contributed by atoms with E-state index in [1.807, 2.05) is 37.9 Å². The number of aromatic nitrogens is 3. The van der Waals surface area contributed by atoms with Crippen molar-refractivity contribution in [2.24, 2.45) is 0 Å². The zero-order valence-electron chi connectivity index (χ0n) is 9.64. The molecule has 0 aliphatic rings. The Morgan fingerprint density at radius 1 is 1.38 bits per heavy atom. The summed E-state index contributed by atoms with van der Waals surface area (Å²) in [6.07, 6.45) is 8.46. The van der Waals surface area contributed by atoms with Gasteiger partial charge in [0, 0.05) is 43.3 Å². The molecule has 2 aromatic rings. The maximum absolute atomic E-state index is 4.33. The molecule has 0 saturated heterocycles. The monoisotopic (exact) mass is 216 g/mol. The summed E-state index contributed by atoms with van der Waals surface area (Å²) < 4.78 is 2.12. The predicted molar refractivity (Wildman–Crippen MR) is 63.5 cm³/mol. The van der Waals surface area contributed by atoms with Crippen LogP contribution in [0.1, 0.15) is 18.3 Å². The van der Waals surface area contributed by atoms with E-state index in [0.717, 1.165) is 24.5 Å². The van der Waals surface area contributed by atoms with Crippen molar-refractivity contribution in [2.75, 3.05) is 7.05 Å². The molecule has 0 saturated carbocycles. The SMILES string of the molecule is CCc1nccn1-c1ccncc1CNC. The molecule has 4 nitrogen and oxygen atoms in total. The second-order valence-corrected chi connectivity index (χ2v) is 3.60. The Balaban J connectivity index is 2.46. The smallest absolute Gasteiger partial charge is 0.112 e. The van der Waals surface area contributed by atoms with Gasteiger partial charge in [0.15, 0.2) is 0 Å². The molecule has 0 amide bonds. The van der Waals surface area contributed by atoms with E-state index in [9.17, 15) is 0 Å². The number of pyridine rings is 1. The van der Waals surface area contributed by atoms with E-state index in [1.165, 1.54) is 5.56 Å². The van der Waals surface area contributed by atoms with E-state index in [-0.39, 0.29) is 0 Å². The van der Waals surface area contributed by atoms with Gasteiger partial charge in [-0.2, -0.15) is 0 Å². The molecule has 0 unspecified atom stereocenters. The highest BCUT2D eigenvalue weighted by Gasteiger charge is 2.07. The first-order valence-electron chi connectivity index (χ1n) is 5.47. The highest BCUT2D eigenvalue weighted by molar-refractivity contribution is 5.39. The van der Waals surface area contributed by atoms with Crippen LogP contribution in [0.5, 0.6) is 0 Å². The molecule has 0 aromatic carbocycles. The highest BCUT2D eigenvalue weighted by Crippen LogP contribution is 2.15. The van der Waals surface area contributed by atoms with Crippen molar-refractivity contribution in [1.29, 1.82) is 0 Å². The lowest BCUT2D eigenvalue weighted by Gasteiger charge is -2.11. The van der Waals surface area contributed by atoms with Crippen molar-refractivity contribution >= 4 is 0 Å². The number of hydrogen-bond donors (Lipinski definition) is 1. The maximum Gasteiger partial charge on any atom is 0.112 e. The van der Waals surface area contributed by atoms with Crippen LogP contribution < -0.4 is 5.32 Å². The summed E-state index contributed by atoms with van der Waals surface area (Å²) in [5.74, 6) is 1.07. The Labute approximate surface area is 95.4 Å². The minimum absolute atomic E-state index is 0.810. The Morgan fingerprint density at radius 2 is 2.25 bits per heavy atom. The van der Waals surface area contributed by atoms with Crippen LogP contribution in [-0.2, 0) is 13.0 Å². The molecule has 1 N–H and O–H groups in total. The van der Waals surface area contributed by atoms with Gasteiger partial charge >= 0.3 is 0 Å². The number of aryl methyl sites for hydroxylation is 1.